The molecule has 0 aliphatic heterocycles. The maximum Gasteiger partial charge on any atom is 0.0514 e. The lowest BCUT2D eigenvalue weighted by Gasteiger charge is -2.55. The number of aliphatic hydroxyl groups is 2. The SMILES string of the molecule is CCCCC(CC)CC1(CC(CC)CCCC)CCCCC1(CO)CO. The molecule has 0 aromatic rings. The standard InChI is InChI=1S/C24H48O2/c1-5-9-13-21(7-3)17-23(18-22(8-4)14-10-6-2)15-11-12-16-24(23,19-25)20-26/h21-22,25-26H,5-20H2,1-4H3. The summed E-state index contributed by atoms with van der Waals surface area (Å²) < 4.78 is 0. The van der Waals surface area contributed by atoms with E-state index in [-0.39, 0.29) is 24.0 Å². The highest BCUT2D eigenvalue weighted by molar-refractivity contribution is 5.02. The predicted octanol–water partition coefficient (Wildman–Crippen LogP) is 6.73. The minimum atomic E-state index is -0.259. The summed E-state index contributed by atoms with van der Waals surface area (Å²) in [5.41, 5.74) is -0.123. The summed E-state index contributed by atoms with van der Waals surface area (Å²) in [5.74, 6) is 1.49. The Labute approximate surface area is 164 Å². The number of unbranched alkanes of at least 4 members (excludes halogenated alkanes) is 2. The molecule has 0 aromatic carbocycles. The zero-order valence-corrected chi connectivity index (χ0v) is 18.4. The van der Waals surface area contributed by atoms with Gasteiger partial charge in [0.05, 0.1) is 13.2 Å². The molecule has 2 heteroatoms. The smallest absolute Gasteiger partial charge is 0.0514 e. The van der Waals surface area contributed by atoms with Crippen LogP contribution in [0.25, 0.3) is 0 Å². The molecule has 0 heterocycles. The van der Waals surface area contributed by atoms with Crippen LogP contribution in [0.15, 0.2) is 0 Å². The third kappa shape index (κ3) is 5.96. The van der Waals surface area contributed by atoms with Gasteiger partial charge in [-0.15, -0.1) is 0 Å². The third-order valence-electron chi connectivity index (χ3n) is 7.74. The maximum absolute atomic E-state index is 10.4. The second kappa shape index (κ2) is 12.4. The minimum Gasteiger partial charge on any atom is -0.396 e. The molecule has 1 aliphatic rings. The number of rotatable bonds is 14. The molecule has 0 bridgehead atoms. The number of hydrogen-bond donors (Lipinski definition) is 2. The van der Waals surface area contributed by atoms with Crippen LogP contribution in [-0.2, 0) is 0 Å². The van der Waals surface area contributed by atoms with Gasteiger partial charge in [-0.2, -0.15) is 0 Å². The van der Waals surface area contributed by atoms with Crippen LogP contribution in [0.4, 0.5) is 0 Å². The number of hydrogen-bond acceptors (Lipinski definition) is 2. The van der Waals surface area contributed by atoms with Crippen molar-refractivity contribution in [2.75, 3.05) is 13.2 Å². The van der Waals surface area contributed by atoms with Gasteiger partial charge in [0.25, 0.3) is 0 Å². The monoisotopic (exact) mass is 368 g/mol. The molecule has 26 heavy (non-hydrogen) atoms. The topological polar surface area (TPSA) is 40.5 Å². The van der Waals surface area contributed by atoms with Crippen molar-refractivity contribution in [3.05, 3.63) is 0 Å². The van der Waals surface area contributed by atoms with Crippen molar-refractivity contribution in [3.63, 3.8) is 0 Å². The highest BCUT2D eigenvalue weighted by Gasteiger charge is 2.52. The summed E-state index contributed by atoms with van der Waals surface area (Å²) in [6.45, 7) is 9.57. The Hall–Kier alpha value is -0.0800. The van der Waals surface area contributed by atoms with Gasteiger partial charge < -0.3 is 10.2 Å². The quantitative estimate of drug-likeness (QED) is 0.357. The van der Waals surface area contributed by atoms with Crippen LogP contribution < -0.4 is 0 Å². The zero-order valence-electron chi connectivity index (χ0n) is 18.4. The van der Waals surface area contributed by atoms with Gasteiger partial charge in [0, 0.05) is 5.41 Å². The molecule has 1 aliphatic carbocycles. The lowest BCUT2D eigenvalue weighted by Crippen LogP contribution is -2.51. The van der Waals surface area contributed by atoms with Gasteiger partial charge in [0.2, 0.25) is 0 Å². The zero-order chi connectivity index (χ0) is 19.5. The Kier molecular flexibility index (Phi) is 11.4. The van der Waals surface area contributed by atoms with E-state index in [0.29, 0.717) is 0 Å². The summed E-state index contributed by atoms with van der Waals surface area (Å²) in [7, 11) is 0. The molecule has 0 amide bonds. The predicted molar refractivity (Wildman–Crippen MR) is 113 cm³/mol. The largest absolute Gasteiger partial charge is 0.396 e. The average molecular weight is 369 g/mol. The van der Waals surface area contributed by atoms with Crippen LogP contribution in [0.5, 0.6) is 0 Å². The van der Waals surface area contributed by atoms with Crippen LogP contribution in [-0.4, -0.2) is 23.4 Å². The second-order valence-electron chi connectivity index (χ2n) is 9.33. The van der Waals surface area contributed by atoms with Crippen molar-refractivity contribution < 1.29 is 10.2 Å². The van der Waals surface area contributed by atoms with Crippen molar-refractivity contribution in [2.24, 2.45) is 22.7 Å². The Balaban J connectivity index is 3.12. The summed E-state index contributed by atoms with van der Waals surface area (Å²) in [4.78, 5) is 0. The summed E-state index contributed by atoms with van der Waals surface area (Å²) in [5, 5.41) is 20.9. The van der Waals surface area contributed by atoms with E-state index in [9.17, 15) is 10.2 Å². The van der Waals surface area contributed by atoms with E-state index in [4.69, 9.17) is 0 Å². The molecule has 0 saturated heterocycles. The van der Waals surface area contributed by atoms with Crippen molar-refractivity contribution in [1.29, 1.82) is 0 Å². The van der Waals surface area contributed by atoms with Crippen molar-refractivity contribution in [1.82, 2.24) is 0 Å². The van der Waals surface area contributed by atoms with Crippen LogP contribution in [0.3, 0.4) is 0 Å². The lowest BCUT2D eigenvalue weighted by atomic mass is 9.50. The Morgan fingerprint density at radius 1 is 0.692 bits per heavy atom. The molecule has 2 nitrogen and oxygen atoms in total. The molecule has 0 spiro atoms. The summed E-state index contributed by atoms with van der Waals surface area (Å²) >= 11 is 0. The number of aliphatic hydroxyl groups excluding tert-OH is 2. The average Bonchev–Trinajstić information content (AvgIpc) is 2.68. The van der Waals surface area contributed by atoms with E-state index in [1.807, 2.05) is 0 Å². The molecular formula is C24H48O2. The van der Waals surface area contributed by atoms with Gasteiger partial charge in [0.1, 0.15) is 0 Å². The summed E-state index contributed by atoms with van der Waals surface area (Å²) in [6.07, 6.45) is 17.3. The van der Waals surface area contributed by atoms with E-state index in [0.717, 1.165) is 18.3 Å². The fourth-order valence-electron chi connectivity index (χ4n) is 5.71. The van der Waals surface area contributed by atoms with Crippen LogP contribution in [0.2, 0.25) is 0 Å². The molecule has 1 saturated carbocycles. The highest BCUT2D eigenvalue weighted by Crippen LogP contribution is 2.58. The van der Waals surface area contributed by atoms with E-state index < -0.39 is 0 Å². The van der Waals surface area contributed by atoms with E-state index in [1.165, 1.54) is 83.5 Å². The van der Waals surface area contributed by atoms with E-state index >= 15 is 0 Å². The lowest BCUT2D eigenvalue weighted by molar-refractivity contribution is -0.116. The maximum atomic E-state index is 10.4. The van der Waals surface area contributed by atoms with Gasteiger partial charge in [-0.3, -0.25) is 0 Å². The molecule has 2 atom stereocenters. The van der Waals surface area contributed by atoms with Gasteiger partial charge in [-0.25, -0.2) is 0 Å². The van der Waals surface area contributed by atoms with Crippen LogP contribution in [0.1, 0.15) is 118 Å². The Bertz CT molecular complexity index is 330. The van der Waals surface area contributed by atoms with Gasteiger partial charge >= 0.3 is 0 Å². The van der Waals surface area contributed by atoms with Gasteiger partial charge in [0.15, 0.2) is 0 Å². The third-order valence-corrected chi connectivity index (χ3v) is 7.74. The first-order valence-corrected chi connectivity index (χ1v) is 11.8. The molecular weight excluding hydrogens is 320 g/mol. The minimum absolute atomic E-state index is 0.136. The first kappa shape index (κ1) is 24.0. The van der Waals surface area contributed by atoms with Crippen molar-refractivity contribution in [2.45, 2.75) is 118 Å². The van der Waals surface area contributed by atoms with Crippen LogP contribution >= 0.6 is 0 Å². The fraction of sp³-hybridized carbons (Fsp3) is 1.00. The first-order valence-electron chi connectivity index (χ1n) is 11.8. The molecule has 1 rings (SSSR count). The van der Waals surface area contributed by atoms with Crippen molar-refractivity contribution in [3.8, 4) is 0 Å². The molecule has 156 valence electrons. The highest BCUT2D eigenvalue weighted by atomic mass is 16.3. The second-order valence-corrected chi connectivity index (χ2v) is 9.33. The van der Waals surface area contributed by atoms with Gasteiger partial charge in [-0.05, 0) is 42.9 Å². The van der Waals surface area contributed by atoms with Crippen LogP contribution in [0, 0.1) is 22.7 Å². The van der Waals surface area contributed by atoms with E-state index in [1.54, 1.807) is 0 Å². The molecule has 1 fully saturated rings. The molecule has 2 N–H and O–H groups in total. The Morgan fingerprint density at radius 2 is 1.12 bits per heavy atom. The molecule has 2 unspecified atom stereocenters. The van der Waals surface area contributed by atoms with Crippen molar-refractivity contribution >= 4 is 0 Å². The first-order chi connectivity index (χ1) is 12.6. The van der Waals surface area contributed by atoms with Gasteiger partial charge in [-0.1, -0.05) is 91.9 Å². The van der Waals surface area contributed by atoms with E-state index in [2.05, 4.69) is 27.7 Å². The Morgan fingerprint density at radius 3 is 1.46 bits per heavy atom. The summed E-state index contributed by atoms with van der Waals surface area (Å²) in [6, 6.07) is 0. The molecule has 0 radical (unpaired) electrons. The normalized spacial score (nSPS) is 25.2. The fourth-order valence-corrected chi connectivity index (χ4v) is 5.71. The molecule has 0 aromatic heterocycles.